The molecule has 7 heteroatoms. The van der Waals surface area contributed by atoms with Gasteiger partial charge in [-0.3, -0.25) is 5.73 Å². The van der Waals surface area contributed by atoms with Crippen molar-refractivity contribution in [3.05, 3.63) is 0 Å². The van der Waals surface area contributed by atoms with E-state index in [9.17, 15) is 0 Å². The molecule has 0 bridgehead atoms. The summed E-state index contributed by atoms with van der Waals surface area (Å²) in [5.41, 5.74) is 11.8. The van der Waals surface area contributed by atoms with Crippen LogP contribution in [-0.2, 0) is 0 Å². The summed E-state index contributed by atoms with van der Waals surface area (Å²) in [4.78, 5) is 15.8. The molecule has 0 radical (unpaired) electrons. The molecule has 1 unspecified atom stereocenters. The Morgan fingerprint density at radius 2 is 2.21 bits per heavy atom. The maximum Gasteiger partial charge on any atom is 0.208 e. The summed E-state index contributed by atoms with van der Waals surface area (Å²) in [6.45, 7) is -0.111. The van der Waals surface area contributed by atoms with Gasteiger partial charge in [-0.15, -0.1) is 0 Å². The van der Waals surface area contributed by atoms with E-state index in [1.54, 1.807) is 0 Å². The van der Waals surface area contributed by atoms with Gasteiger partial charge in [0.1, 0.15) is 6.34 Å². The normalized spacial score (nSPS) is 29.4. The first-order valence-corrected chi connectivity index (χ1v) is 4.11. The summed E-state index contributed by atoms with van der Waals surface area (Å²) in [6, 6.07) is 0. The lowest BCUT2D eigenvalue weighted by Gasteiger charge is -2.24. The number of hydrogen-bond donors (Lipinski definition) is 3. The Morgan fingerprint density at radius 1 is 1.43 bits per heavy atom. The van der Waals surface area contributed by atoms with Gasteiger partial charge < -0.3 is 10.8 Å². The molecule has 2 rings (SSSR count). The molecular weight excluding hydrogens is 184 g/mol. The molecule has 0 saturated carbocycles. The van der Waals surface area contributed by atoms with Gasteiger partial charge in [-0.2, -0.15) is 0 Å². The third-order valence-electron chi connectivity index (χ3n) is 1.91. The topological polar surface area (TPSA) is 122 Å². The molecule has 0 aromatic heterocycles. The first kappa shape index (κ1) is 8.97. The van der Waals surface area contributed by atoms with Crippen LogP contribution in [0.4, 0.5) is 0 Å². The van der Waals surface area contributed by atoms with E-state index in [2.05, 4.69) is 20.0 Å². The van der Waals surface area contributed by atoms with Crippen LogP contribution in [0.15, 0.2) is 20.0 Å². The SMILES string of the molecule is NC1=NC(N)(CCO)N=C2N=CN=C12. The number of rotatable bonds is 2. The molecule has 2 aliphatic rings. The number of aliphatic hydroxyl groups is 1. The van der Waals surface area contributed by atoms with Gasteiger partial charge in [-0.1, -0.05) is 0 Å². The van der Waals surface area contributed by atoms with Crippen LogP contribution in [-0.4, -0.2) is 41.2 Å². The van der Waals surface area contributed by atoms with Crippen molar-refractivity contribution in [3.63, 3.8) is 0 Å². The highest BCUT2D eigenvalue weighted by Crippen LogP contribution is 2.17. The van der Waals surface area contributed by atoms with Crippen LogP contribution in [0, 0.1) is 0 Å². The minimum Gasteiger partial charge on any atom is -0.396 e. The highest BCUT2D eigenvalue weighted by atomic mass is 16.3. The van der Waals surface area contributed by atoms with Crippen molar-refractivity contribution < 1.29 is 5.11 Å². The lowest BCUT2D eigenvalue weighted by molar-refractivity contribution is 0.245. The van der Waals surface area contributed by atoms with Crippen LogP contribution < -0.4 is 11.5 Å². The third-order valence-corrected chi connectivity index (χ3v) is 1.91. The Kier molecular flexibility index (Phi) is 1.90. The van der Waals surface area contributed by atoms with Crippen LogP contribution in [0.3, 0.4) is 0 Å². The number of fused-ring (bicyclic) bond motifs is 1. The summed E-state index contributed by atoms with van der Waals surface area (Å²) < 4.78 is 0. The Morgan fingerprint density at radius 3 is 2.93 bits per heavy atom. The van der Waals surface area contributed by atoms with E-state index >= 15 is 0 Å². The van der Waals surface area contributed by atoms with E-state index < -0.39 is 5.79 Å². The quantitative estimate of drug-likeness (QED) is 0.482. The van der Waals surface area contributed by atoms with E-state index in [4.69, 9.17) is 16.6 Å². The number of hydrogen-bond acceptors (Lipinski definition) is 7. The second-order valence-electron chi connectivity index (χ2n) is 3.01. The second-order valence-corrected chi connectivity index (χ2v) is 3.01. The molecule has 0 aliphatic carbocycles. The largest absolute Gasteiger partial charge is 0.396 e. The number of aliphatic imine (C=N–C) groups is 4. The smallest absolute Gasteiger partial charge is 0.208 e. The fraction of sp³-hybridized carbons (Fsp3) is 0.429. The average molecular weight is 194 g/mol. The minimum absolute atomic E-state index is 0.111. The summed E-state index contributed by atoms with van der Waals surface area (Å²) in [6.07, 6.45) is 1.56. The van der Waals surface area contributed by atoms with E-state index in [0.29, 0.717) is 11.5 Å². The summed E-state index contributed by atoms with van der Waals surface area (Å²) >= 11 is 0. The summed E-state index contributed by atoms with van der Waals surface area (Å²) in [7, 11) is 0. The van der Waals surface area contributed by atoms with Gasteiger partial charge in [0.15, 0.2) is 17.4 Å². The van der Waals surface area contributed by atoms with Crippen molar-refractivity contribution in [1.82, 2.24) is 0 Å². The van der Waals surface area contributed by atoms with Crippen LogP contribution in [0.5, 0.6) is 0 Å². The molecule has 5 N–H and O–H groups in total. The van der Waals surface area contributed by atoms with Crippen LogP contribution in [0.25, 0.3) is 0 Å². The molecule has 2 aliphatic heterocycles. The Balaban J connectivity index is 2.37. The monoisotopic (exact) mass is 194 g/mol. The predicted molar refractivity (Wildman–Crippen MR) is 53.6 cm³/mol. The van der Waals surface area contributed by atoms with Crippen molar-refractivity contribution in [3.8, 4) is 0 Å². The van der Waals surface area contributed by atoms with Crippen molar-refractivity contribution in [2.45, 2.75) is 12.2 Å². The maximum atomic E-state index is 8.78. The zero-order valence-electron chi connectivity index (χ0n) is 7.38. The van der Waals surface area contributed by atoms with Gasteiger partial charge in [0.25, 0.3) is 0 Å². The minimum atomic E-state index is -1.20. The van der Waals surface area contributed by atoms with Crippen LogP contribution >= 0.6 is 0 Å². The lowest BCUT2D eigenvalue weighted by Crippen LogP contribution is -2.46. The third kappa shape index (κ3) is 1.32. The molecule has 0 aromatic rings. The van der Waals surface area contributed by atoms with Gasteiger partial charge in [-0.05, 0) is 0 Å². The molecule has 2 heterocycles. The Hall–Kier alpha value is -1.60. The molecule has 0 amide bonds. The van der Waals surface area contributed by atoms with E-state index in [0.717, 1.165) is 0 Å². The van der Waals surface area contributed by atoms with E-state index in [-0.39, 0.29) is 18.9 Å². The van der Waals surface area contributed by atoms with Gasteiger partial charge in [0.2, 0.25) is 5.79 Å². The molecule has 0 saturated heterocycles. The van der Waals surface area contributed by atoms with Gasteiger partial charge in [0.05, 0.1) is 0 Å². The van der Waals surface area contributed by atoms with Crippen molar-refractivity contribution in [2.75, 3.05) is 6.61 Å². The van der Waals surface area contributed by atoms with Gasteiger partial charge in [-0.25, -0.2) is 20.0 Å². The fourth-order valence-electron chi connectivity index (χ4n) is 1.27. The molecule has 0 aromatic carbocycles. The lowest BCUT2D eigenvalue weighted by atomic mass is 10.2. The molecule has 14 heavy (non-hydrogen) atoms. The fourth-order valence-corrected chi connectivity index (χ4v) is 1.27. The van der Waals surface area contributed by atoms with Crippen LogP contribution in [0.2, 0.25) is 0 Å². The summed E-state index contributed by atoms with van der Waals surface area (Å²) in [5, 5.41) is 8.78. The number of nitrogens with zero attached hydrogens (tertiary/aromatic N) is 4. The second kappa shape index (κ2) is 2.96. The van der Waals surface area contributed by atoms with Gasteiger partial charge in [0, 0.05) is 13.0 Å². The average Bonchev–Trinajstić information content (AvgIpc) is 2.51. The highest BCUT2D eigenvalue weighted by Gasteiger charge is 2.32. The Labute approximate surface area is 80.0 Å². The zero-order chi connectivity index (χ0) is 10.2. The van der Waals surface area contributed by atoms with Crippen molar-refractivity contribution in [1.29, 1.82) is 0 Å². The number of nitrogens with two attached hydrogens (primary N) is 2. The van der Waals surface area contributed by atoms with E-state index in [1.807, 2.05) is 0 Å². The predicted octanol–water partition coefficient (Wildman–Crippen LogP) is -1.77. The number of aliphatic hydroxyl groups excluding tert-OH is 1. The zero-order valence-corrected chi connectivity index (χ0v) is 7.38. The maximum absolute atomic E-state index is 8.78. The highest BCUT2D eigenvalue weighted by molar-refractivity contribution is 6.70. The molecule has 1 atom stereocenters. The summed E-state index contributed by atoms with van der Waals surface area (Å²) in [5.74, 6) is -0.605. The first-order chi connectivity index (χ1) is 6.64. The van der Waals surface area contributed by atoms with E-state index in [1.165, 1.54) is 6.34 Å². The van der Waals surface area contributed by atoms with Gasteiger partial charge >= 0.3 is 0 Å². The molecule has 7 nitrogen and oxygen atoms in total. The number of amidine groups is 2. The molecule has 74 valence electrons. The molecular formula is C7H10N6O. The van der Waals surface area contributed by atoms with Crippen molar-refractivity contribution >= 4 is 23.7 Å². The standard InChI is InChI=1S/C7H10N6O/c8-5-4-6(11-3-10-4)13-7(9,12-5)1-2-14/h3,14H,1-2,9H2,(H2,8,12). The Bertz CT molecular complexity index is 382. The van der Waals surface area contributed by atoms with Crippen LogP contribution in [0.1, 0.15) is 6.42 Å². The van der Waals surface area contributed by atoms with Crippen molar-refractivity contribution in [2.24, 2.45) is 31.4 Å². The molecule has 0 spiro atoms. The molecule has 0 fully saturated rings. The first-order valence-electron chi connectivity index (χ1n) is 4.11.